The van der Waals surface area contributed by atoms with Gasteiger partial charge in [0.25, 0.3) is 0 Å². The van der Waals surface area contributed by atoms with E-state index in [1.54, 1.807) is 11.4 Å². The third-order valence-corrected chi connectivity index (χ3v) is 7.83. The number of hydrogen-bond acceptors (Lipinski definition) is 4. The third kappa shape index (κ3) is 3.92. The quantitative estimate of drug-likeness (QED) is 0.867. The Morgan fingerprint density at radius 2 is 1.96 bits per heavy atom. The first kappa shape index (κ1) is 18.8. The molecule has 2 aliphatic rings. The van der Waals surface area contributed by atoms with E-state index >= 15 is 0 Å². The molecular weight excluding hydrogens is 336 g/mol. The van der Waals surface area contributed by atoms with Crippen LogP contribution in [0.3, 0.4) is 0 Å². The van der Waals surface area contributed by atoms with Crippen LogP contribution in [0.4, 0.5) is 0 Å². The van der Waals surface area contributed by atoms with Crippen LogP contribution in [-0.4, -0.2) is 52.6 Å². The highest BCUT2D eigenvalue weighted by Gasteiger charge is 2.49. The van der Waals surface area contributed by atoms with Crippen LogP contribution in [0.15, 0.2) is 18.2 Å². The summed E-state index contributed by atoms with van der Waals surface area (Å²) in [4.78, 5) is 0. The van der Waals surface area contributed by atoms with E-state index in [-0.39, 0.29) is 17.1 Å². The molecule has 0 bridgehead atoms. The van der Waals surface area contributed by atoms with Gasteiger partial charge in [0, 0.05) is 26.1 Å². The minimum absolute atomic E-state index is 0.0670. The molecule has 2 saturated heterocycles. The number of piperidine rings is 1. The average Bonchev–Trinajstić information content (AvgIpc) is 2.91. The van der Waals surface area contributed by atoms with Crippen molar-refractivity contribution in [1.29, 1.82) is 0 Å². The Bertz CT molecular complexity index is 711. The highest BCUT2D eigenvalue weighted by molar-refractivity contribution is 7.88. The maximum atomic E-state index is 13.0. The van der Waals surface area contributed by atoms with Gasteiger partial charge in [-0.2, -0.15) is 0 Å². The van der Waals surface area contributed by atoms with Crippen molar-refractivity contribution in [2.75, 3.05) is 39.9 Å². The summed E-state index contributed by atoms with van der Waals surface area (Å²) in [5.74, 6) is 0.372. The van der Waals surface area contributed by atoms with Gasteiger partial charge < -0.3 is 10.1 Å². The first-order chi connectivity index (χ1) is 11.9. The second-order valence-corrected chi connectivity index (χ2v) is 9.70. The lowest BCUT2D eigenvalue weighted by molar-refractivity contribution is 0.0718. The Morgan fingerprint density at radius 1 is 1.24 bits per heavy atom. The maximum Gasteiger partial charge on any atom is 0.218 e. The minimum atomic E-state index is -3.31. The number of benzene rings is 1. The van der Waals surface area contributed by atoms with Crippen LogP contribution in [0.5, 0.6) is 0 Å². The lowest BCUT2D eigenvalue weighted by atomic mass is 9.71. The molecular formula is C19H30N2O3S. The number of ether oxygens (including phenoxy) is 1. The van der Waals surface area contributed by atoms with E-state index in [9.17, 15) is 8.42 Å². The highest BCUT2D eigenvalue weighted by Crippen LogP contribution is 2.44. The van der Waals surface area contributed by atoms with Gasteiger partial charge in [-0.3, -0.25) is 0 Å². The van der Waals surface area contributed by atoms with Crippen LogP contribution in [0.25, 0.3) is 0 Å². The molecule has 0 radical (unpaired) electrons. The fraction of sp³-hybridized carbons (Fsp3) is 0.684. The summed E-state index contributed by atoms with van der Waals surface area (Å²) in [6, 6.07) is 5.94. The topological polar surface area (TPSA) is 58.6 Å². The zero-order chi connectivity index (χ0) is 18.1. The molecule has 140 valence electrons. The molecule has 1 aromatic rings. The summed E-state index contributed by atoms with van der Waals surface area (Å²) in [5, 5.41) is 3.39. The molecule has 1 spiro atoms. The van der Waals surface area contributed by atoms with Gasteiger partial charge in [-0.1, -0.05) is 18.2 Å². The monoisotopic (exact) mass is 366 g/mol. The summed E-state index contributed by atoms with van der Waals surface area (Å²) < 4.78 is 33.2. The van der Waals surface area contributed by atoms with Crippen molar-refractivity contribution in [3.8, 4) is 0 Å². The van der Waals surface area contributed by atoms with Crippen LogP contribution >= 0.6 is 0 Å². The Labute approximate surface area is 151 Å². The summed E-state index contributed by atoms with van der Waals surface area (Å²) in [5.41, 5.74) is 3.27. The standard InChI is InChI=1S/C19H30N2O3S/c1-15-4-5-17(10-16(15)2)13-25(22,23)21-11-18(12-24-3)19(14-21)6-8-20-9-7-19/h4-5,10,18,20H,6-9,11-14H2,1-3H3. The molecule has 1 aromatic carbocycles. The third-order valence-electron chi connectivity index (χ3n) is 6.06. The molecule has 1 N–H and O–H groups in total. The van der Waals surface area contributed by atoms with E-state index in [2.05, 4.69) is 5.32 Å². The van der Waals surface area contributed by atoms with Gasteiger partial charge in [0.15, 0.2) is 0 Å². The van der Waals surface area contributed by atoms with Crippen molar-refractivity contribution in [1.82, 2.24) is 9.62 Å². The van der Waals surface area contributed by atoms with E-state index in [1.807, 2.05) is 32.0 Å². The predicted molar refractivity (Wildman–Crippen MR) is 100 cm³/mol. The van der Waals surface area contributed by atoms with E-state index < -0.39 is 10.0 Å². The zero-order valence-corrected chi connectivity index (χ0v) is 16.4. The molecule has 2 fully saturated rings. The van der Waals surface area contributed by atoms with Gasteiger partial charge in [0.2, 0.25) is 10.0 Å². The SMILES string of the molecule is COCC1CN(S(=O)(=O)Cc2ccc(C)c(C)c2)CC12CCNCC2. The van der Waals surface area contributed by atoms with Crippen LogP contribution in [-0.2, 0) is 20.5 Å². The molecule has 0 saturated carbocycles. The van der Waals surface area contributed by atoms with E-state index in [0.717, 1.165) is 37.1 Å². The Hall–Kier alpha value is -0.950. The first-order valence-electron chi connectivity index (χ1n) is 9.10. The van der Waals surface area contributed by atoms with Gasteiger partial charge in [0.05, 0.1) is 12.4 Å². The normalized spacial score (nSPS) is 24.0. The van der Waals surface area contributed by atoms with Crippen molar-refractivity contribution in [3.63, 3.8) is 0 Å². The van der Waals surface area contributed by atoms with Crippen LogP contribution in [0.2, 0.25) is 0 Å². The van der Waals surface area contributed by atoms with E-state index in [4.69, 9.17) is 4.74 Å². The molecule has 5 nitrogen and oxygen atoms in total. The van der Waals surface area contributed by atoms with Gasteiger partial charge >= 0.3 is 0 Å². The van der Waals surface area contributed by atoms with E-state index in [1.165, 1.54) is 5.56 Å². The zero-order valence-electron chi connectivity index (χ0n) is 15.5. The molecule has 2 aliphatic heterocycles. The maximum absolute atomic E-state index is 13.0. The van der Waals surface area contributed by atoms with Crippen LogP contribution in [0, 0.1) is 25.2 Å². The van der Waals surface area contributed by atoms with Gasteiger partial charge in [0.1, 0.15) is 0 Å². The molecule has 6 heteroatoms. The molecule has 25 heavy (non-hydrogen) atoms. The van der Waals surface area contributed by atoms with Crippen molar-refractivity contribution in [3.05, 3.63) is 34.9 Å². The second-order valence-electron chi connectivity index (χ2n) is 7.73. The molecule has 0 aliphatic carbocycles. The fourth-order valence-electron chi connectivity index (χ4n) is 4.31. The van der Waals surface area contributed by atoms with Crippen molar-refractivity contribution >= 4 is 10.0 Å². The number of aryl methyl sites for hydroxylation is 2. The molecule has 1 unspecified atom stereocenters. The summed E-state index contributed by atoms with van der Waals surface area (Å²) >= 11 is 0. The second kappa shape index (κ2) is 7.35. The van der Waals surface area contributed by atoms with Crippen molar-refractivity contribution in [2.45, 2.75) is 32.4 Å². The largest absolute Gasteiger partial charge is 0.384 e. The molecule has 3 rings (SSSR count). The molecule has 2 heterocycles. The van der Waals surface area contributed by atoms with Crippen molar-refractivity contribution < 1.29 is 13.2 Å². The Morgan fingerprint density at radius 3 is 2.60 bits per heavy atom. The van der Waals surface area contributed by atoms with Gasteiger partial charge in [-0.05, 0) is 61.9 Å². The number of nitrogens with one attached hydrogen (secondary N) is 1. The molecule has 0 aromatic heterocycles. The number of sulfonamides is 1. The number of nitrogens with zero attached hydrogens (tertiary/aromatic N) is 1. The fourth-order valence-corrected chi connectivity index (χ4v) is 5.96. The number of methoxy groups -OCH3 is 1. The van der Waals surface area contributed by atoms with Gasteiger partial charge in [-0.25, -0.2) is 12.7 Å². The minimum Gasteiger partial charge on any atom is -0.384 e. The van der Waals surface area contributed by atoms with Crippen LogP contribution in [0.1, 0.15) is 29.5 Å². The average molecular weight is 367 g/mol. The lowest BCUT2D eigenvalue weighted by Crippen LogP contribution is -2.43. The first-order valence-corrected chi connectivity index (χ1v) is 10.7. The Balaban J connectivity index is 1.78. The summed E-state index contributed by atoms with van der Waals surface area (Å²) in [7, 11) is -1.60. The Kier molecular flexibility index (Phi) is 5.54. The number of rotatable bonds is 5. The van der Waals surface area contributed by atoms with E-state index in [0.29, 0.717) is 19.7 Å². The predicted octanol–water partition coefficient (Wildman–Crippen LogP) is 2.08. The summed E-state index contributed by atoms with van der Waals surface area (Å²) in [6.45, 7) is 7.85. The molecule has 0 amide bonds. The highest BCUT2D eigenvalue weighted by atomic mass is 32.2. The number of hydrogen-bond donors (Lipinski definition) is 1. The summed E-state index contributed by atoms with van der Waals surface area (Å²) in [6.07, 6.45) is 2.05. The smallest absolute Gasteiger partial charge is 0.218 e. The van der Waals surface area contributed by atoms with Crippen LogP contribution < -0.4 is 5.32 Å². The molecule has 1 atom stereocenters. The van der Waals surface area contributed by atoms with Gasteiger partial charge in [-0.15, -0.1) is 0 Å². The lowest BCUT2D eigenvalue weighted by Gasteiger charge is -2.38. The van der Waals surface area contributed by atoms with Crippen molar-refractivity contribution in [2.24, 2.45) is 11.3 Å².